The van der Waals surface area contributed by atoms with E-state index in [9.17, 15) is 4.79 Å². The molecule has 2 heterocycles. The van der Waals surface area contributed by atoms with E-state index < -0.39 is 5.97 Å². The number of fused-ring (bicyclic) bond motifs is 1. The van der Waals surface area contributed by atoms with Gasteiger partial charge < -0.3 is 4.74 Å². The fourth-order valence-corrected chi connectivity index (χ4v) is 3.55. The number of hydrogen-bond acceptors (Lipinski definition) is 7. The Bertz CT molecular complexity index is 740. The first-order valence-corrected chi connectivity index (χ1v) is 7.33. The van der Waals surface area contributed by atoms with Crippen molar-refractivity contribution in [1.82, 2.24) is 15.0 Å². The molecule has 5 nitrogen and oxygen atoms in total. The summed E-state index contributed by atoms with van der Waals surface area (Å²) in [6.07, 6.45) is 2.98. The predicted octanol–water partition coefficient (Wildman–Crippen LogP) is 3.02. The van der Waals surface area contributed by atoms with E-state index in [2.05, 4.69) is 19.7 Å². The quantitative estimate of drug-likeness (QED) is 0.693. The van der Waals surface area contributed by atoms with Crippen molar-refractivity contribution in [3.05, 3.63) is 42.4 Å². The Labute approximate surface area is 123 Å². The number of thiazole rings is 1. The standard InChI is InChI=1S/C13H9N3O2S2/c1-18-12(17)9-6-14-7-11(15-9)20-13-16-8-4-2-3-5-10(8)19-13/h2-7H,1H3. The zero-order valence-corrected chi connectivity index (χ0v) is 12.1. The molecule has 0 aliphatic carbocycles. The first kappa shape index (κ1) is 13.0. The molecule has 0 N–H and O–H groups in total. The zero-order valence-electron chi connectivity index (χ0n) is 10.4. The van der Waals surface area contributed by atoms with E-state index in [1.165, 1.54) is 25.1 Å². The molecule has 0 saturated heterocycles. The van der Waals surface area contributed by atoms with Gasteiger partial charge >= 0.3 is 5.97 Å². The summed E-state index contributed by atoms with van der Waals surface area (Å²) in [6.45, 7) is 0. The molecule has 0 atom stereocenters. The molecule has 0 fully saturated rings. The van der Waals surface area contributed by atoms with Crippen LogP contribution in [-0.4, -0.2) is 28.0 Å². The fraction of sp³-hybridized carbons (Fsp3) is 0.0769. The highest BCUT2D eigenvalue weighted by molar-refractivity contribution is 8.01. The number of nitrogens with zero attached hydrogens (tertiary/aromatic N) is 3. The van der Waals surface area contributed by atoms with Crippen LogP contribution in [0.3, 0.4) is 0 Å². The second kappa shape index (κ2) is 5.56. The van der Waals surface area contributed by atoms with Crippen LogP contribution < -0.4 is 0 Å². The van der Waals surface area contributed by atoms with E-state index in [1.54, 1.807) is 17.5 Å². The number of aromatic nitrogens is 3. The molecule has 3 rings (SSSR count). The predicted molar refractivity (Wildman–Crippen MR) is 77.1 cm³/mol. The summed E-state index contributed by atoms with van der Waals surface area (Å²) in [5.74, 6) is -0.496. The molecule has 0 amide bonds. The molecule has 0 aliphatic heterocycles. The minimum Gasteiger partial charge on any atom is -0.464 e. The van der Waals surface area contributed by atoms with Crippen molar-refractivity contribution in [2.45, 2.75) is 9.37 Å². The van der Waals surface area contributed by atoms with Crippen molar-refractivity contribution in [2.75, 3.05) is 7.11 Å². The summed E-state index contributed by atoms with van der Waals surface area (Å²) in [6, 6.07) is 7.92. The fourth-order valence-electron chi connectivity index (χ4n) is 1.58. The number of rotatable bonds is 3. The van der Waals surface area contributed by atoms with E-state index in [1.807, 2.05) is 24.3 Å². The number of esters is 1. The largest absolute Gasteiger partial charge is 0.464 e. The maximum absolute atomic E-state index is 11.4. The third-order valence-electron chi connectivity index (χ3n) is 2.47. The average molecular weight is 303 g/mol. The lowest BCUT2D eigenvalue weighted by molar-refractivity contribution is 0.0592. The van der Waals surface area contributed by atoms with Crippen LogP contribution in [0, 0.1) is 0 Å². The number of carbonyl (C=O) groups is 1. The van der Waals surface area contributed by atoms with Crippen molar-refractivity contribution >= 4 is 39.3 Å². The van der Waals surface area contributed by atoms with Gasteiger partial charge in [-0.1, -0.05) is 12.1 Å². The van der Waals surface area contributed by atoms with Gasteiger partial charge in [-0.25, -0.2) is 14.8 Å². The van der Waals surface area contributed by atoms with Crippen LogP contribution in [0.25, 0.3) is 10.2 Å². The van der Waals surface area contributed by atoms with Gasteiger partial charge in [0.1, 0.15) is 5.03 Å². The highest BCUT2D eigenvalue weighted by Crippen LogP contribution is 2.33. The minimum atomic E-state index is -0.496. The molecule has 0 unspecified atom stereocenters. The van der Waals surface area contributed by atoms with Gasteiger partial charge in [0.25, 0.3) is 0 Å². The van der Waals surface area contributed by atoms with E-state index in [0.717, 1.165) is 14.6 Å². The summed E-state index contributed by atoms with van der Waals surface area (Å²) in [4.78, 5) is 24.1. The molecular formula is C13H9N3O2S2. The van der Waals surface area contributed by atoms with E-state index in [0.29, 0.717) is 5.03 Å². The molecular weight excluding hydrogens is 294 g/mol. The van der Waals surface area contributed by atoms with E-state index >= 15 is 0 Å². The zero-order chi connectivity index (χ0) is 13.9. The second-order valence-corrected chi connectivity index (χ2v) is 6.08. The van der Waals surface area contributed by atoms with Gasteiger partial charge in [-0.2, -0.15) is 0 Å². The number of methoxy groups -OCH3 is 1. The molecule has 0 aliphatic rings. The molecule has 0 bridgehead atoms. The maximum atomic E-state index is 11.4. The highest BCUT2D eigenvalue weighted by Gasteiger charge is 2.11. The topological polar surface area (TPSA) is 65.0 Å². The molecule has 2 aromatic heterocycles. The van der Waals surface area contributed by atoms with Gasteiger partial charge in [-0.3, -0.25) is 4.98 Å². The Morgan fingerprint density at radius 1 is 1.25 bits per heavy atom. The molecule has 20 heavy (non-hydrogen) atoms. The van der Waals surface area contributed by atoms with Gasteiger partial charge in [-0.15, -0.1) is 11.3 Å². The number of benzene rings is 1. The van der Waals surface area contributed by atoms with Crippen LogP contribution in [0.1, 0.15) is 10.5 Å². The first-order valence-electron chi connectivity index (χ1n) is 5.70. The monoisotopic (exact) mass is 303 g/mol. The third-order valence-corrected chi connectivity index (χ3v) is 4.48. The van der Waals surface area contributed by atoms with Crippen LogP contribution in [0.4, 0.5) is 0 Å². The Morgan fingerprint density at radius 2 is 2.10 bits per heavy atom. The number of para-hydroxylation sites is 1. The Kier molecular flexibility index (Phi) is 3.62. The Morgan fingerprint density at radius 3 is 2.90 bits per heavy atom. The second-order valence-electron chi connectivity index (χ2n) is 3.78. The normalized spacial score (nSPS) is 10.7. The molecule has 100 valence electrons. The number of hydrogen-bond donors (Lipinski definition) is 0. The van der Waals surface area contributed by atoms with E-state index in [4.69, 9.17) is 0 Å². The summed E-state index contributed by atoms with van der Waals surface area (Å²) in [5, 5.41) is 0.618. The lowest BCUT2D eigenvalue weighted by atomic mass is 10.3. The molecule has 0 saturated carbocycles. The van der Waals surface area contributed by atoms with Crippen LogP contribution in [0.2, 0.25) is 0 Å². The SMILES string of the molecule is COC(=O)c1cncc(Sc2nc3ccccc3s2)n1. The van der Waals surface area contributed by atoms with Crippen molar-refractivity contribution in [1.29, 1.82) is 0 Å². The van der Waals surface area contributed by atoms with Gasteiger partial charge in [0.15, 0.2) is 10.0 Å². The molecule has 0 radical (unpaired) electrons. The van der Waals surface area contributed by atoms with E-state index in [-0.39, 0.29) is 5.69 Å². The minimum absolute atomic E-state index is 0.193. The summed E-state index contributed by atoms with van der Waals surface area (Å²) in [7, 11) is 1.32. The van der Waals surface area contributed by atoms with Crippen molar-refractivity contribution < 1.29 is 9.53 Å². The molecule has 7 heteroatoms. The summed E-state index contributed by atoms with van der Waals surface area (Å²) >= 11 is 2.96. The first-order chi connectivity index (χ1) is 9.76. The lowest BCUT2D eigenvalue weighted by Crippen LogP contribution is -2.05. The molecule has 0 spiro atoms. The van der Waals surface area contributed by atoms with Gasteiger partial charge in [-0.05, 0) is 23.9 Å². The summed E-state index contributed by atoms with van der Waals surface area (Å²) in [5.41, 5.74) is 1.15. The Hall–Kier alpha value is -1.99. The number of carbonyl (C=O) groups excluding carboxylic acids is 1. The van der Waals surface area contributed by atoms with Crippen LogP contribution in [-0.2, 0) is 4.74 Å². The molecule has 1 aromatic carbocycles. The van der Waals surface area contributed by atoms with Crippen molar-refractivity contribution in [3.8, 4) is 0 Å². The van der Waals surface area contributed by atoms with Crippen LogP contribution in [0.5, 0.6) is 0 Å². The van der Waals surface area contributed by atoms with Crippen LogP contribution in [0.15, 0.2) is 46.0 Å². The van der Waals surface area contributed by atoms with Gasteiger partial charge in [0.2, 0.25) is 0 Å². The Balaban J connectivity index is 1.88. The van der Waals surface area contributed by atoms with Gasteiger partial charge in [0.05, 0.1) is 29.7 Å². The number of ether oxygens (including phenoxy) is 1. The summed E-state index contributed by atoms with van der Waals surface area (Å²) < 4.78 is 6.61. The van der Waals surface area contributed by atoms with Crippen molar-refractivity contribution in [3.63, 3.8) is 0 Å². The smallest absolute Gasteiger partial charge is 0.358 e. The maximum Gasteiger partial charge on any atom is 0.358 e. The third kappa shape index (κ3) is 2.63. The van der Waals surface area contributed by atoms with Crippen molar-refractivity contribution in [2.24, 2.45) is 0 Å². The highest BCUT2D eigenvalue weighted by atomic mass is 32.2. The molecule has 3 aromatic rings. The average Bonchev–Trinajstić information content (AvgIpc) is 2.88. The van der Waals surface area contributed by atoms with Crippen LogP contribution >= 0.6 is 23.1 Å². The lowest BCUT2D eigenvalue weighted by Gasteiger charge is -2.00. The van der Waals surface area contributed by atoms with Gasteiger partial charge in [0, 0.05) is 0 Å².